The SMILES string of the molecule is O=C(CCCCCNC(=S)NN=C(c1ccccn1)c1ccccn1)NO. The van der Waals surface area contributed by atoms with Crippen LogP contribution in [0.1, 0.15) is 37.1 Å². The average Bonchev–Trinajstić information content (AvgIpc) is 2.72. The maximum atomic E-state index is 10.9. The first kappa shape index (κ1) is 20.4. The number of nitrogens with one attached hydrogen (secondary N) is 3. The molecule has 0 spiro atoms. The molecule has 0 atom stereocenters. The minimum atomic E-state index is -0.369. The van der Waals surface area contributed by atoms with E-state index < -0.39 is 0 Å². The molecule has 142 valence electrons. The van der Waals surface area contributed by atoms with Crippen molar-refractivity contribution >= 4 is 28.9 Å². The minimum Gasteiger partial charge on any atom is -0.361 e. The van der Waals surface area contributed by atoms with Crippen molar-refractivity contribution in [2.24, 2.45) is 5.10 Å². The van der Waals surface area contributed by atoms with Crippen molar-refractivity contribution in [1.82, 2.24) is 26.2 Å². The molecule has 9 heteroatoms. The topological polar surface area (TPSA) is 112 Å². The van der Waals surface area contributed by atoms with E-state index in [2.05, 4.69) is 25.8 Å². The monoisotopic (exact) mass is 386 g/mol. The number of unbranched alkanes of at least 4 members (excludes halogenated alkanes) is 2. The second kappa shape index (κ2) is 11.7. The number of hydrogen-bond acceptors (Lipinski definition) is 6. The molecule has 2 rings (SSSR count). The van der Waals surface area contributed by atoms with Gasteiger partial charge in [0.15, 0.2) is 5.11 Å². The Morgan fingerprint density at radius 3 is 2.26 bits per heavy atom. The fourth-order valence-electron chi connectivity index (χ4n) is 2.24. The Morgan fingerprint density at radius 2 is 1.70 bits per heavy atom. The van der Waals surface area contributed by atoms with Crippen LogP contribution in [0.2, 0.25) is 0 Å². The number of amides is 1. The predicted molar refractivity (Wildman–Crippen MR) is 106 cm³/mol. The maximum Gasteiger partial charge on any atom is 0.243 e. The van der Waals surface area contributed by atoms with E-state index in [0.29, 0.717) is 41.6 Å². The number of rotatable bonds is 9. The summed E-state index contributed by atoms with van der Waals surface area (Å²) in [4.78, 5) is 19.6. The van der Waals surface area contributed by atoms with E-state index in [1.807, 2.05) is 36.4 Å². The van der Waals surface area contributed by atoms with Gasteiger partial charge in [0.05, 0.1) is 11.4 Å². The summed E-state index contributed by atoms with van der Waals surface area (Å²) in [5.41, 5.74) is 6.42. The van der Waals surface area contributed by atoms with E-state index in [4.69, 9.17) is 17.4 Å². The van der Waals surface area contributed by atoms with Crippen LogP contribution in [0, 0.1) is 0 Å². The van der Waals surface area contributed by atoms with Gasteiger partial charge in [-0.05, 0) is 49.3 Å². The van der Waals surface area contributed by atoms with Gasteiger partial charge in [-0.2, -0.15) is 5.10 Å². The van der Waals surface area contributed by atoms with Crippen LogP contribution in [0.15, 0.2) is 53.9 Å². The van der Waals surface area contributed by atoms with Crippen molar-refractivity contribution in [3.05, 3.63) is 60.2 Å². The third-order valence-corrected chi connectivity index (χ3v) is 3.81. The zero-order chi connectivity index (χ0) is 19.3. The summed E-state index contributed by atoms with van der Waals surface area (Å²) >= 11 is 5.24. The first-order valence-corrected chi connectivity index (χ1v) is 8.99. The first-order valence-electron chi connectivity index (χ1n) is 8.58. The molecule has 0 aliphatic rings. The molecule has 1 amide bonds. The fraction of sp³-hybridized carbons (Fsp3) is 0.278. The van der Waals surface area contributed by atoms with Crippen LogP contribution in [0.5, 0.6) is 0 Å². The predicted octanol–water partition coefficient (Wildman–Crippen LogP) is 1.76. The van der Waals surface area contributed by atoms with Gasteiger partial charge in [-0.1, -0.05) is 18.6 Å². The molecular formula is C18H22N6O2S. The van der Waals surface area contributed by atoms with Crippen LogP contribution in [0.25, 0.3) is 0 Å². The number of thiocarbonyl (C=S) groups is 1. The lowest BCUT2D eigenvalue weighted by Gasteiger charge is -2.09. The van der Waals surface area contributed by atoms with Crippen LogP contribution in [-0.2, 0) is 4.79 Å². The molecule has 0 radical (unpaired) electrons. The van der Waals surface area contributed by atoms with Gasteiger partial charge in [0.1, 0.15) is 5.71 Å². The van der Waals surface area contributed by atoms with E-state index in [1.165, 1.54) is 0 Å². The highest BCUT2D eigenvalue weighted by molar-refractivity contribution is 7.80. The number of aromatic nitrogens is 2. The van der Waals surface area contributed by atoms with Crippen LogP contribution < -0.4 is 16.2 Å². The summed E-state index contributed by atoms with van der Waals surface area (Å²) in [6.07, 6.45) is 6.09. The van der Waals surface area contributed by atoms with Crippen LogP contribution >= 0.6 is 12.2 Å². The van der Waals surface area contributed by atoms with Gasteiger partial charge in [-0.25, -0.2) is 5.48 Å². The number of nitrogens with zero attached hydrogens (tertiary/aromatic N) is 3. The smallest absolute Gasteiger partial charge is 0.243 e. The fourth-order valence-corrected chi connectivity index (χ4v) is 2.39. The van der Waals surface area contributed by atoms with E-state index in [0.717, 1.165) is 12.8 Å². The Hall–Kier alpha value is -2.91. The number of hydrogen-bond donors (Lipinski definition) is 4. The molecule has 27 heavy (non-hydrogen) atoms. The summed E-state index contributed by atoms with van der Waals surface area (Å²) in [5.74, 6) is -0.369. The molecule has 8 nitrogen and oxygen atoms in total. The summed E-state index contributed by atoms with van der Waals surface area (Å²) in [5, 5.41) is 16.3. The van der Waals surface area contributed by atoms with Gasteiger partial charge in [0.2, 0.25) is 5.91 Å². The van der Waals surface area contributed by atoms with Gasteiger partial charge >= 0.3 is 0 Å². The normalized spacial score (nSPS) is 9.96. The third-order valence-electron chi connectivity index (χ3n) is 3.58. The molecular weight excluding hydrogens is 364 g/mol. The standard InChI is InChI=1S/C18H22N6O2S/c25-16(24-26)10-2-1-5-13-21-18(27)23-22-17(14-8-3-6-11-19-14)15-9-4-7-12-20-15/h3-4,6-9,11-12,26H,1-2,5,10,13H2,(H,24,25)(H2,21,23,27). The Morgan fingerprint density at radius 1 is 1.04 bits per heavy atom. The molecule has 0 unspecified atom stereocenters. The Balaban J connectivity index is 1.85. The zero-order valence-electron chi connectivity index (χ0n) is 14.8. The number of hydroxylamine groups is 1. The van der Waals surface area contributed by atoms with E-state index in [9.17, 15) is 4.79 Å². The summed E-state index contributed by atoms with van der Waals surface area (Å²) in [7, 11) is 0. The van der Waals surface area contributed by atoms with Gasteiger partial charge < -0.3 is 5.32 Å². The molecule has 0 aromatic carbocycles. The van der Waals surface area contributed by atoms with Crippen LogP contribution in [0.4, 0.5) is 0 Å². The second-order valence-corrected chi connectivity index (χ2v) is 6.01. The summed E-state index contributed by atoms with van der Waals surface area (Å²) < 4.78 is 0. The van der Waals surface area contributed by atoms with Gasteiger partial charge in [0, 0.05) is 25.4 Å². The second-order valence-electron chi connectivity index (χ2n) is 5.60. The van der Waals surface area contributed by atoms with Crippen molar-refractivity contribution in [2.75, 3.05) is 6.54 Å². The zero-order valence-corrected chi connectivity index (χ0v) is 15.6. The van der Waals surface area contributed by atoms with Crippen molar-refractivity contribution < 1.29 is 10.0 Å². The summed E-state index contributed by atoms with van der Waals surface area (Å²) in [6, 6.07) is 11.2. The minimum absolute atomic E-state index is 0.307. The van der Waals surface area contributed by atoms with E-state index >= 15 is 0 Å². The third kappa shape index (κ3) is 7.47. The molecule has 0 saturated carbocycles. The Bertz CT molecular complexity index is 713. The number of carbonyl (C=O) groups excluding carboxylic acids is 1. The molecule has 0 bridgehead atoms. The molecule has 2 aromatic heterocycles. The summed E-state index contributed by atoms with van der Waals surface area (Å²) in [6.45, 7) is 0.657. The molecule has 2 aromatic rings. The molecule has 4 N–H and O–H groups in total. The van der Waals surface area contributed by atoms with Crippen molar-refractivity contribution in [3.63, 3.8) is 0 Å². The Kier molecular flexibility index (Phi) is 8.81. The highest BCUT2D eigenvalue weighted by atomic mass is 32.1. The largest absolute Gasteiger partial charge is 0.361 e. The van der Waals surface area contributed by atoms with E-state index in [-0.39, 0.29) is 5.91 Å². The lowest BCUT2D eigenvalue weighted by atomic mass is 10.1. The highest BCUT2D eigenvalue weighted by Crippen LogP contribution is 2.05. The first-order chi connectivity index (χ1) is 13.2. The van der Waals surface area contributed by atoms with Gasteiger partial charge in [-0.3, -0.25) is 25.4 Å². The van der Waals surface area contributed by atoms with Gasteiger partial charge in [-0.15, -0.1) is 0 Å². The molecule has 0 saturated heterocycles. The highest BCUT2D eigenvalue weighted by Gasteiger charge is 2.09. The number of hydrazone groups is 1. The van der Waals surface area contributed by atoms with Crippen LogP contribution in [-0.4, -0.2) is 38.5 Å². The number of carbonyl (C=O) groups is 1. The van der Waals surface area contributed by atoms with Crippen molar-refractivity contribution in [3.8, 4) is 0 Å². The molecule has 0 aliphatic carbocycles. The lowest BCUT2D eigenvalue weighted by Crippen LogP contribution is -2.33. The quantitative estimate of drug-likeness (QED) is 0.171. The maximum absolute atomic E-state index is 10.9. The van der Waals surface area contributed by atoms with Crippen LogP contribution in [0.3, 0.4) is 0 Å². The Labute approximate surface area is 163 Å². The average molecular weight is 386 g/mol. The van der Waals surface area contributed by atoms with Crippen molar-refractivity contribution in [2.45, 2.75) is 25.7 Å². The molecule has 0 fully saturated rings. The number of pyridine rings is 2. The molecule has 0 aliphatic heterocycles. The molecule has 2 heterocycles. The van der Waals surface area contributed by atoms with E-state index in [1.54, 1.807) is 17.9 Å². The lowest BCUT2D eigenvalue weighted by molar-refractivity contribution is -0.129. The van der Waals surface area contributed by atoms with Gasteiger partial charge in [0.25, 0.3) is 0 Å². The van der Waals surface area contributed by atoms with Crippen molar-refractivity contribution in [1.29, 1.82) is 0 Å².